The van der Waals surface area contributed by atoms with Crippen LogP contribution in [0.4, 0.5) is 24.9 Å². The highest BCUT2D eigenvalue weighted by atomic mass is 19.3. The van der Waals surface area contributed by atoms with E-state index in [1.165, 1.54) is 0 Å². The van der Waals surface area contributed by atoms with E-state index in [0.29, 0.717) is 30.4 Å². The van der Waals surface area contributed by atoms with Gasteiger partial charge in [0.25, 0.3) is 0 Å². The molecule has 5 heterocycles. The van der Waals surface area contributed by atoms with E-state index in [0.717, 1.165) is 28.8 Å². The van der Waals surface area contributed by atoms with E-state index in [1.54, 1.807) is 30.0 Å². The van der Waals surface area contributed by atoms with E-state index < -0.39 is 18.5 Å². The van der Waals surface area contributed by atoms with Crippen LogP contribution in [0.3, 0.4) is 0 Å². The predicted octanol–water partition coefficient (Wildman–Crippen LogP) is 4.34. The number of alkyl halides is 3. The maximum atomic E-state index is 14.3. The summed E-state index contributed by atoms with van der Waals surface area (Å²) < 4.78 is 42.1. The molecular formula is C22H26F3N7. The van der Waals surface area contributed by atoms with Gasteiger partial charge < -0.3 is 10.2 Å². The average molecular weight is 445 g/mol. The van der Waals surface area contributed by atoms with E-state index in [9.17, 15) is 13.2 Å². The Morgan fingerprint density at radius 2 is 2.12 bits per heavy atom. The summed E-state index contributed by atoms with van der Waals surface area (Å²) in [6, 6.07) is 3.44. The van der Waals surface area contributed by atoms with Crippen LogP contribution in [0.5, 0.6) is 0 Å². The van der Waals surface area contributed by atoms with Gasteiger partial charge in [0.15, 0.2) is 5.82 Å². The molecule has 0 aliphatic carbocycles. The first kappa shape index (κ1) is 20.9. The molecule has 32 heavy (non-hydrogen) atoms. The number of hydrogen-bond acceptors (Lipinski definition) is 6. The number of hydrogen-bond donors (Lipinski definition) is 1. The van der Waals surface area contributed by atoms with Crippen molar-refractivity contribution >= 4 is 23.0 Å². The van der Waals surface area contributed by atoms with Gasteiger partial charge in [0.05, 0.1) is 17.8 Å². The van der Waals surface area contributed by atoms with Crippen LogP contribution in [0.25, 0.3) is 16.6 Å². The van der Waals surface area contributed by atoms with Crippen LogP contribution >= 0.6 is 0 Å². The molecule has 170 valence electrons. The van der Waals surface area contributed by atoms with Crippen molar-refractivity contribution in [2.75, 3.05) is 25.5 Å². The number of nitrogens with zero attached hydrogens (tertiary/aromatic N) is 6. The first-order chi connectivity index (χ1) is 15.4. The van der Waals surface area contributed by atoms with Crippen LogP contribution in [-0.2, 0) is 0 Å². The average Bonchev–Trinajstić information content (AvgIpc) is 3.30. The lowest BCUT2D eigenvalue weighted by atomic mass is 9.93. The Morgan fingerprint density at radius 3 is 2.91 bits per heavy atom. The molecule has 0 radical (unpaired) electrons. The van der Waals surface area contributed by atoms with Crippen molar-refractivity contribution in [2.24, 2.45) is 4.99 Å². The number of rotatable bonds is 5. The van der Waals surface area contributed by atoms with Gasteiger partial charge in [-0.3, -0.25) is 0 Å². The molecule has 1 N–H and O–H groups in total. The first-order valence-electron chi connectivity index (χ1n) is 10.7. The maximum absolute atomic E-state index is 14.3. The minimum atomic E-state index is -2.41. The third-order valence-electron chi connectivity index (χ3n) is 6.26. The minimum Gasteiger partial charge on any atom is -0.347 e. The Kier molecular flexibility index (Phi) is 5.32. The van der Waals surface area contributed by atoms with Gasteiger partial charge in [0, 0.05) is 61.7 Å². The van der Waals surface area contributed by atoms with Crippen molar-refractivity contribution in [3.05, 3.63) is 36.3 Å². The summed E-state index contributed by atoms with van der Waals surface area (Å²) in [5.41, 5.74) is 3.76. The summed E-state index contributed by atoms with van der Waals surface area (Å²) >= 11 is 0. The lowest BCUT2D eigenvalue weighted by Gasteiger charge is -2.32. The van der Waals surface area contributed by atoms with Gasteiger partial charge in [0.1, 0.15) is 6.17 Å². The van der Waals surface area contributed by atoms with Gasteiger partial charge in [-0.1, -0.05) is 0 Å². The molecule has 1 unspecified atom stereocenters. The molecule has 0 saturated carbocycles. The zero-order valence-corrected chi connectivity index (χ0v) is 17.8. The van der Waals surface area contributed by atoms with E-state index >= 15 is 0 Å². The fraction of sp³-hybridized carbons (Fsp3) is 0.455. The monoisotopic (exact) mass is 445 g/mol. The number of pyridine rings is 1. The molecule has 3 aromatic rings. The molecule has 0 spiro atoms. The summed E-state index contributed by atoms with van der Waals surface area (Å²) in [5.74, 6) is 0.438. The fourth-order valence-corrected chi connectivity index (χ4v) is 4.51. The van der Waals surface area contributed by atoms with Crippen LogP contribution in [0.1, 0.15) is 32.7 Å². The number of aliphatic imine (C=N–C) groups is 1. The summed E-state index contributed by atoms with van der Waals surface area (Å²) in [6.45, 7) is 2.96. The summed E-state index contributed by atoms with van der Waals surface area (Å²) in [4.78, 5) is 15.1. The molecule has 1 saturated heterocycles. The van der Waals surface area contributed by atoms with Crippen LogP contribution in [0, 0.1) is 0 Å². The SMILES string of the molecule is CC1=Nc2ncc(-c3ccn4nc(N[C@H]5CCN(C)C[C@@H]5F)ncc34)cc2C1CC(F)F.[HH]. The summed E-state index contributed by atoms with van der Waals surface area (Å²) in [7, 11) is 1.91. The van der Waals surface area contributed by atoms with Crippen molar-refractivity contribution < 1.29 is 14.6 Å². The number of aromatic nitrogens is 4. The topological polar surface area (TPSA) is 70.7 Å². The minimum absolute atomic E-state index is 0. The van der Waals surface area contributed by atoms with Crippen LogP contribution < -0.4 is 5.32 Å². The molecule has 7 nitrogen and oxygen atoms in total. The number of nitrogens with one attached hydrogen (secondary N) is 1. The second-order valence-corrected chi connectivity index (χ2v) is 8.53. The van der Waals surface area contributed by atoms with E-state index in [2.05, 4.69) is 25.4 Å². The zero-order chi connectivity index (χ0) is 22.4. The zero-order valence-electron chi connectivity index (χ0n) is 17.8. The van der Waals surface area contributed by atoms with Gasteiger partial charge in [0.2, 0.25) is 12.4 Å². The van der Waals surface area contributed by atoms with E-state index in [-0.39, 0.29) is 13.9 Å². The fourth-order valence-electron chi connectivity index (χ4n) is 4.51. The van der Waals surface area contributed by atoms with Crippen molar-refractivity contribution in [1.82, 2.24) is 24.5 Å². The van der Waals surface area contributed by atoms with Crippen LogP contribution in [0.2, 0.25) is 0 Å². The number of piperidine rings is 1. The summed E-state index contributed by atoms with van der Waals surface area (Å²) in [5, 5.41) is 7.59. The Balaban J connectivity index is 0.00000259. The van der Waals surface area contributed by atoms with E-state index in [1.807, 2.05) is 24.1 Å². The molecule has 2 aliphatic heterocycles. The molecule has 0 aromatic carbocycles. The maximum Gasteiger partial charge on any atom is 0.241 e. The highest BCUT2D eigenvalue weighted by Gasteiger charge is 2.30. The number of fused-ring (bicyclic) bond motifs is 2. The molecule has 10 heteroatoms. The first-order valence-corrected chi connectivity index (χ1v) is 10.7. The highest BCUT2D eigenvalue weighted by molar-refractivity contribution is 5.96. The standard InChI is InChI=1S/C22H24F3N7.H2/c1-12-15(8-20(24)25)16-7-13(9-26-21(16)28-12)14-3-6-32-19(14)10-27-22(30-32)29-18-4-5-31(2)11-17(18)23;/h3,6-7,9-10,15,17-18,20H,4-5,8,11H2,1-2H3,(H,29,30);1H/t15?,17-,18-;/m0./s1. The van der Waals surface area contributed by atoms with Crippen molar-refractivity contribution in [3.8, 4) is 11.1 Å². The third-order valence-corrected chi connectivity index (χ3v) is 6.26. The second kappa shape index (κ2) is 8.16. The Labute approximate surface area is 184 Å². The lowest BCUT2D eigenvalue weighted by Crippen LogP contribution is -2.46. The van der Waals surface area contributed by atoms with Crippen LogP contribution in [-0.4, -0.2) is 69.0 Å². The molecule has 0 amide bonds. The lowest BCUT2D eigenvalue weighted by molar-refractivity contribution is 0.135. The molecule has 2 aliphatic rings. The quantitative estimate of drug-likeness (QED) is 0.633. The molecule has 5 rings (SSSR count). The van der Waals surface area contributed by atoms with Gasteiger partial charge in [-0.15, -0.1) is 5.10 Å². The van der Waals surface area contributed by atoms with Gasteiger partial charge in [-0.2, -0.15) is 0 Å². The van der Waals surface area contributed by atoms with Crippen molar-refractivity contribution in [2.45, 2.75) is 44.3 Å². The molecule has 3 atom stereocenters. The van der Waals surface area contributed by atoms with E-state index in [4.69, 9.17) is 0 Å². The normalized spacial score (nSPS) is 23.6. The van der Waals surface area contributed by atoms with Gasteiger partial charge >= 0.3 is 0 Å². The van der Waals surface area contributed by atoms with Crippen LogP contribution in [0.15, 0.2) is 35.7 Å². The Morgan fingerprint density at radius 1 is 1.28 bits per heavy atom. The molecular weight excluding hydrogens is 419 g/mol. The van der Waals surface area contributed by atoms with Crippen molar-refractivity contribution in [3.63, 3.8) is 0 Å². The second-order valence-electron chi connectivity index (χ2n) is 8.53. The van der Waals surface area contributed by atoms with Gasteiger partial charge in [-0.05, 0) is 32.5 Å². The number of likely N-dealkylation sites (tertiary alicyclic amines) is 1. The third kappa shape index (κ3) is 3.83. The summed E-state index contributed by atoms with van der Waals surface area (Å²) in [6.07, 6.45) is 2.17. The number of halogens is 3. The highest BCUT2D eigenvalue weighted by Crippen LogP contribution is 2.39. The van der Waals surface area contributed by atoms with Gasteiger partial charge in [-0.25, -0.2) is 32.6 Å². The smallest absolute Gasteiger partial charge is 0.241 e. The molecule has 1 fully saturated rings. The predicted molar refractivity (Wildman–Crippen MR) is 119 cm³/mol. The number of anilines is 1. The largest absolute Gasteiger partial charge is 0.347 e. The Hall–Kier alpha value is -3.01. The molecule has 3 aromatic heterocycles. The molecule has 0 bridgehead atoms. The van der Waals surface area contributed by atoms with Crippen molar-refractivity contribution in [1.29, 1.82) is 0 Å². The Bertz CT molecular complexity index is 1180.